The van der Waals surface area contributed by atoms with Crippen LogP contribution in [-0.2, 0) is 11.3 Å². The minimum absolute atomic E-state index is 0.0797. The number of amides is 2. The van der Waals surface area contributed by atoms with Crippen LogP contribution in [0.4, 0.5) is 4.79 Å². The van der Waals surface area contributed by atoms with Crippen molar-refractivity contribution in [3.8, 4) is 0 Å². The van der Waals surface area contributed by atoms with Gasteiger partial charge in [-0.25, -0.2) is 9.59 Å². The predicted molar refractivity (Wildman–Crippen MR) is 60.4 cm³/mol. The monoisotopic (exact) mass is 256 g/mol. The van der Waals surface area contributed by atoms with Gasteiger partial charge < -0.3 is 15.7 Å². The first-order valence-electron chi connectivity index (χ1n) is 5.48. The van der Waals surface area contributed by atoms with Gasteiger partial charge in [-0.3, -0.25) is 0 Å². The largest absolute Gasteiger partial charge is 0.480 e. The van der Waals surface area contributed by atoms with E-state index in [2.05, 4.69) is 31.3 Å². The number of aliphatic carboxylic acids is 1. The molecular formula is C9H16N6O3. The van der Waals surface area contributed by atoms with Gasteiger partial charge in [0.1, 0.15) is 6.04 Å². The number of aromatic nitrogens is 4. The highest BCUT2D eigenvalue weighted by Crippen LogP contribution is 2.04. The van der Waals surface area contributed by atoms with Crippen molar-refractivity contribution >= 4 is 12.0 Å². The van der Waals surface area contributed by atoms with E-state index < -0.39 is 18.0 Å². The summed E-state index contributed by atoms with van der Waals surface area (Å²) in [5, 5.41) is 26.6. The molecule has 0 aliphatic heterocycles. The summed E-state index contributed by atoms with van der Waals surface area (Å²) in [6.07, 6.45) is 0.366. The van der Waals surface area contributed by atoms with E-state index in [4.69, 9.17) is 5.11 Å². The average Bonchev–Trinajstić information content (AvgIpc) is 2.77. The predicted octanol–water partition coefficient (Wildman–Crippen LogP) is -0.502. The van der Waals surface area contributed by atoms with Crippen molar-refractivity contribution in [2.45, 2.75) is 32.9 Å². The lowest BCUT2D eigenvalue weighted by molar-refractivity contribution is -0.139. The molecule has 0 saturated heterocycles. The third-order valence-corrected chi connectivity index (χ3v) is 2.11. The number of aromatic amines is 1. The Morgan fingerprint density at radius 1 is 1.44 bits per heavy atom. The maximum Gasteiger partial charge on any atom is 0.326 e. The molecule has 1 atom stereocenters. The van der Waals surface area contributed by atoms with Crippen LogP contribution in [0.1, 0.15) is 26.1 Å². The van der Waals surface area contributed by atoms with Gasteiger partial charge in [-0.15, -0.1) is 10.2 Å². The number of carboxylic acid groups (broad SMARTS) is 1. The summed E-state index contributed by atoms with van der Waals surface area (Å²) < 4.78 is 0. The summed E-state index contributed by atoms with van der Waals surface area (Å²) >= 11 is 0. The minimum atomic E-state index is -1.06. The third-order valence-electron chi connectivity index (χ3n) is 2.11. The van der Waals surface area contributed by atoms with Crippen LogP contribution in [0.15, 0.2) is 0 Å². The molecule has 0 radical (unpaired) electrons. The van der Waals surface area contributed by atoms with Crippen LogP contribution < -0.4 is 10.6 Å². The van der Waals surface area contributed by atoms with Crippen LogP contribution in [0.2, 0.25) is 0 Å². The van der Waals surface area contributed by atoms with E-state index in [9.17, 15) is 9.59 Å². The van der Waals surface area contributed by atoms with Gasteiger partial charge in [0, 0.05) is 0 Å². The second-order valence-electron chi connectivity index (χ2n) is 4.18. The highest BCUT2D eigenvalue weighted by atomic mass is 16.4. The molecule has 1 aromatic heterocycles. The van der Waals surface area contributed by atoms with E-state index in [0.717, 1.165) is 0 Å². The molecule has 9 nitrogen and oxygen atoms in total. The van der Waals surface area contributed by atoms with Crippen LogP contribution in [0.5, 0.6) is 0 Å². The number of hydrogen-bond acceptors (Lipinski definition) is 5. The van der Waals surface area contributed by atoms with E-state index in [-0.39, 0.29) is 12.5 Å². The average molecular weight is 256 g/mol. The fraction of sp³-hybridized carbons (Fsp3) is 0.667. The molecule has 0 aliphatic rings. The Morgan fingerprint density at radius 2 is 2.17 bits per heavy atom. The minimum Gasteiger partial charge on any atom is -0.480 e. The molecule has 1 aromatic rings. The number of urea groups is 1. The zero-order valence-electron chi connectivity index (χ0n) is 10.2. The zero-order valence-corrected chi connectivity index (χ0v) is 10.2. The molecular weight excluding hydrogens is 240 g/mol. The number of nitrogens with one attached hydrogen (secondary N) is 3. The van der Waals surface area contributed by atoms with Gasteiger partial charge in [-0.1, -0.05) is 19.1 Å². The Labute approximate surface area is 103 Å². The van der Waals surface area contributed by atoms with E-state index in [0.29, 0.717) is 12.2 Å². The summed E-state index contributed by atoms with van der Waals surface area (Å²) in [6.45, 7) is 3.85. The number of tetrazole rings is 1. The van der Waals surface area contributed by atoms with Crippen molar-refractivity contribution in [2.24, 2.45) is 5.92 Å². The maximum atomic E-state index is 11.5. The van der Waals surface area contributed by atoms with Crippen LogP contribution in [0.25, 0.3) is 0 Å². The highest BCUT2D eigenvalue weighted by Gasteiger charge is 2.20. The molecule has 0 saturated carbocycles. The second-order valence-corrected chi connectivity index (χ2v) is 4.18. The molecule has 0 fully saturated rings. The first-order chi connectivity index (χ1) is 8.49. The molecule has 0 bridgehead atoms. The number of carbonyl (C=O) groups excluding carboxylic acids is 1. The van der Waals surface area contributed by atoms with Crippen LogP contribution >= 0.6 is 0 Å². The van der Waals surface area contributed by atoms with Crippen molar-refractivity contribution in [1.82, 2.24) is 31.3 Å². The molecule has 1 rings (SSSR count). The molecule has 0 spiro atoms. The number of carboxylic acids is 1. The Morgan fingerprint density at radius 3 is 2.67 bits per heavy atom. The number of rotatable bonds is 6. The molecule has 0 aromatic carbocycles. The Balaban J connectivity index is 2.39. The molecule has 4 N–H and O–H groups in total. The normalized spacial score (nSPS) is 12.2. The lowest BCUT2D eigenvalue weighted by Gasteiger charge is -2.16. The van der Waals surface area contributed by atoms with Gasteiger partial charge >= 0.3 is 12.0 Å². The topological polar surface area (TPSA) is 133 Å². The lowest BCUT2D eigenvalue weighted by Crippen LogP contribution is -2.46. The van der Waals surface area contributed by atoms with Gasteiger partial charge in [0.2, 0.25) is 0 Å². The maximum absolute atomic E-state index is 11.5. The van der Waals surface area contributed by atoms with Crippen molar-refractivity contribution in [2.75, 3.05) is 0 Å². The van der Waals surface area contributed by atoms with E-state index >= 15 is 0 Å². The van der Waals surface area contributed by atoms with E-state index in [1.54, 1.807) is 0 Å². The molecule has 1 unspecified atom stereocenters. The Bertz CT molecular complexity index is 391. The molecule has 9 heteroatoms. The van der Waals surface area contributed by atoms with Gasteiger partial charge in [-0.05, 0) is 12.3 Å². The molecule has 100 valence electrons. The fourth-order valence-electron chi connectivity index (χ4n) is 1.32. The van der Waals surface area contributed by atoms with Crippen molar-refractivity contribution < 1.29 is 14.7 Å². The van der Waals surface area contributed by atoms with Crippen LogP contribution in [0.3, 0.4) is 0 Å². The quantitative estimate of drug-likeness (QED) is 0.542. The molecule has 1 heterocycles. The van der Waals surface area contributed by atoms with Crippen molar-refractivity contribution in [1.29, 1.82) is 0 Å². The summed E-state index contributed by atoms with van der Waals surface area (Å²) in [4.78, 5) is 22.4. The fourth-order valence-corrected chi connectivity index (χ4v) is 1.32. The lowest BCUT2D eigenvalue weighted by atomic mass is 10.0. The number of carbonyl (C=O) groups is 2. The number of H-pyrrole nitrogens is 1. The standard InChI is InChI=1S/C9H16N6O3/c1-5(2)3-6(8(16)17)11-9(18)10-4-7-12-14-15-13-7/h5-6H,3-4H2,1-2H3,(H,16,17)(H2,10,11,18)(H,12,13,14,15). The molecule has 2 amide bonds. The first kappa shape index (κ1) is 13.9. The van der Waals surface area contributed by atoms with Crippen LogP contribution in [0, 0.1) is 5.92 Å². The first-order valence-corrected chi connectivity index (χ1v) is 5.48. The summed E-state index contributed by atoms with van der Waals surface area (Å²) in [5.74, 6) is -0.567. The summed E-state index contributed by atoms with van der Waals surface area (Å²) in [5.41, 5.74) is 0. The second kappa shape index (κ2) is 6.52. The SMILES string of the molecule is CC(C)CC(NC(=O)NCc1nn[nH]n1)C(=O)O. The number of hydrogen-bond donors (Lipinski definition) is 4. The third kappa shape index (κ3) is 4.76. The van der Waals surface area contributed by atoms with E-state index in [1.807, 2.05) is 13.8 Å². The molecule has 18 heavy (non-hydrogen) atoms. The Kier molecular flexibility index (Phi) is 5.03. The molecule has 0 aliphatic carbocycles. The Hall–Kier alpha value is -2.19. The van der Waals surface area contributed by atoms with Crippen molar-refractivity contribution in [3.05, 3.63) is 5.82 Å². The smallest absolute Gasteiger partial charge is 0.326 e. The van der Waals surface area contributed by atoms with Crippen molar-refractivity contribution in [3.63, 3.8) is 0 Å². The number of nitrogens with zero attached hydrogens (tertiary/aromatic N) is 3. The van der Waals surface area contributed by atoms with Crippen LogP contribution in [-0.4, -0.2) is 43.8 Å². The summed E-state index contributed by atoms with van der Waals surface area (Å²) in [7, 11) is 0. The van der Waals surface area contributed by atoms with E-state index in [1.165, 1.54) is 0 Å². The van der Waals surface area contributed by atoms with Gasteiger partial charge in [0.05, 0.1) is 6.54 Å². The summed E-state index contributed by atoms with van der Waals surface area (Å²) in [6, 6.07) is -1.48. The van der Waals surface area contributed by atoms with Gasteiger partial charge in [-0.2, -0.15) is 5.21 Å². The van der Waals surface area contributed by atoms with Gasteiger partial charge in [0.25, 0.3) is 0 Å². The highest BCUT2D eigenvalue weighted by molar-refractivity contribution is 5.82. The van der Waals surface area contributed by atoms with Gasteiger partial charge in [0.15, 0.2) is 5.82 Å². The zero-order chi connectivity index (χ0) is 13.5.